The maximum atomic E-state index is 11.6. The van der Waals surface area contributed by atoms with Crippen molar-refractivity contribution in [1.82, 2.24) is 5.06 Å². The molecule has 15 heavy (non-hydrogen) atoms. The summed E-state index contributed by atoms with van der Waals surface area (Å²) >= 11 is 0. The van der Waals surface area contributed by atoms with Crippen LogP contribution in [0, 0.1) is 0 Å². The van der Waals surface area contributed by atoms with E-state index in [-0.39, 0.29) is 11.7 Å². The van der Waals surface area contributed by atoms with E-state index in [0.29, 0.717) is 6.61 Å². The van der Waals surface area contributed by atoms with Crippen molar-refractivity contribution in [2.45, 2.75) is 44.6 Å². The predicted molar refractivity (Wildman–Crippen MR) is 55.0 cm³/mol. The van der Waals surface area contributed by atoms with Gasteiger partial charge in [-0.3, -0.25) is 9.63 Å². The van der Waals surface area contributed by atoms with Gasteiger partial charge in [-0.05, 0) is 19.8 Å². The first-order valence-corrected chi connectivity index (χ1v) is 5.59. The number of nitrogens with zero attached hydrogens (tertiary/aromatic N) is 1. The molecule has 4 nitrogen and oxygen atoms in total. The number of carbonyl (C=O) groups is 1. The van der Waals surface area contributed by atoms with Gasteiger partial charge in [-0.15, -0.1) is 0 Å². The molecule has 1 fully saturated rings. The molecule has 1 amide bonds. The summed E-state index contributed by atoms with van der Waals surface area (Å²) in [5.74, 6) is -0.0445. The third-order valence-corrected chi connectivity index (χ3v) is 3.26. The monoisotopic (exact) mass is 211 g/mol. The van der Waals surface area contributed by atoms with E-state index < -0.39 is 5.54 Å². The van der Waals surface area contributed by atoms with Crippen molar-refractivity contribution in [1.29, 1.82) is 0 Å². The largest absolute Gasteiger partial charge is 0.509 e. The van der Waals surface area contributed by atoms with Crippen molar-refractivity contribution < 1.29 is 14.7 Å². The SMILES string of the molecule is CCON1C(=O)C=C(O)C12CCCCC2. The first-order valence-electron chi connectivity index (χ1n) is 5.59. The van der Waals surface area contributed by atoms with Crippen LogP contribution in [0.15, 0.2) is 11.8 Å². The van der Waals surface area contributed by atoms with Gasteiger partial charge in [0.1, 0.15) is 11.3 Å². The summed E-state index contributed by atoms with van der Waals surface area (Å²) in [7, 11) is 0. The number of aliphatic hydroxyl groups excluding tert-OH is 1. The van der Waals surface area contributed by atoms with E-state index in [9.17, 15) is 9.90 Å². The molecular weight excluding hydrogens is 194 g/mol. The lowest BCUT2D eigenvalue weighted by Gasteiger charge is -2.40. The highest BCUT2D eigenvalue weighted by Crippen LogP contribution is 2.42. The van der Waals surface area contributed by atoms with Crippen molar-refractivity contribution in [2.75, 3.05) is 6.61 Å². The lowest BCUT2D eigenvalue weighted by molar-refractivity contribution is -0.212. The van der Waals surface area contributed by atoms with Crippen LogP contribution < -0.4 is 0 Å². The summed E-state index contributed by atoms with van der Waals surface area (Å²) in [6.07, 6.45) is 6.15. The fourth-order valence-electron chi connectivity index (χ4n) is 2.54. The van der Waals surface area contributed by atoms with Gasteiger partial charge in [0.2, 0.25) is 0 Å². The molecule has 2 rings (SSSR count). The summed E-state index contributed by atoms with van der Waals surface area (Å²) in [6.45, 7) is 2.30. The molecule has 1 aliphatic carbocycles. The normalized spacial score (nSPS) is 24.7. The Morgan fingerprint density at radius 1 is 1.47 bits per heavy atom. The molecular formula is C11H17NO3. The van der Waals surface area contributed by atoms with Gasteiger partial charge in [0.15, 0.2) is 0 Å². The van der Waals surface area contributed by atoms with Crippen LogP contribution in [0.5, 0.6) is 0 Å². The highest BCUT2D eigenvalue weighted by atomic mass is 16.7. The molecule has 0 atom stereocenters. The van der Waals surface area contributed by atoms with Gasteiger partial charge in [0, 0.05) is 6.08 Å². The molecule has 1 N–H and O–H groups in total. The molecule has 84 valence electrons. The minimum atomic E-state index is -0.550. The van der Waals surface area contributed by atoms with Gasteiger partial charge in [0.25, 0.3) is 5.91 Å². The van der Waals surface area contributed by atoms with Crippen molar-refractivity contribution in [3.63, 3.8) is 0 Å². The molecule has 1 heterocycles. The van der Waals surface area contributed by atoms with E-state index in [4.69, 9.17) is 4.84 Å². The molecule has 0 aromatic rings. The second-order valence-electron chi connectivity index (χ2n) is 4.17. The zero-order chi connectivity index (χ0) is 10.9. The van der Waals surface area contributed by atoms with Gasteiger partial charge in [-0.25, -0.2) is 5.06 Å². The topological polar surface area (TPSA) is 49.8 Å². The lowest BCUT2D eigenvalue weighted by atomic mass is 9.81. The highest BCUT2D eigenvalue weighted by Gasteiger charge is 2.49. The highest BCUT2D eigenvalue weighted by molar-refractivity contribution is 5.91. The van der Waals surface area contributed by atoms with Gasteiger partial charge in [-0.2, -0.15) is 0 Å². The van der Waals surface area contributed by atoms with E-state index in [0.717, 1.165) is 25.7 Å². The molecule has 0 aromatic carbocycles. The minimum absolute atomic E-state index is 0.181. The van der Waals surface area contributed by atoms with Crippen LogP contribution >= 0.6 is 0 Å². The Bertz CT molecular complexity index is 292. The zero-order valence-electron chi connectivity index (χ0n) is 9.03. The number of hydroxylamine groups is 2. The fraction of sp³-hybridized carbons (Fsp3) is 0.727. The van der Waals surface area contributed by atoms with Crippen molar-refractivity contribution in [2.24, 2.45) is 0 Å². The Labute approximate surface area is 89.5 Å². The predicted octanol–water partition coefficient (Wildman–Crippen LogP) is 1.92. The van der Waals surface area contributed by atoms with Crippen molar-refractivity contribution >= 4 is 5.91 Å². The Hall–Kier alpha value is -1.03. The van der Waals surface area contributed by atoms with E-state index in [2.05, 4.69) is 0 Å². The van der Waals surface area contributed by atoms with Crippen LogP contribution in [-0.4, -0.2) is 28.2 Å². The Morgan fingerprint density at radius 3 is 2.73 bits per heavy atom. The van der Waals surface area contributed by atoms with E-state index in [1.807, 2.05) is 6.92 Å². The molecule has 0 unspecified atom stereocenters. The molecule has 0 saturated heterocycles. The molecule has 0 bridgehead atoms. The maximum absolute atomic E-state index is 11.6. The molecule has 2 aliphatic rings. The minimum Gasteiger partial charge on any atom is -0.509 e. The summed E-state index contributed by atoms with van der Waals surface area (Å²) in [5, 5.41) is 11.3. The average Bonchev–Trinajstić information content (AvgIpc) is 2.45. The number of amides is 1. The zero-order valence-corrected chi connectivity index (χ0v) is 9.03. The maximum Gasteiger partial charge on any atom is 0.274 e. The number of aliphatic hydroxyl groups is 1. The molecule has 4 heteroatoms. The number of carbonyl (C=O) groups excluding carboxylic acids is 1. The second kappa shape index (κ2) is 3.85. The van der Waals surface area contributed by atoms with E-state index >= 15 is 0 Å². The number of rotatable bonds is 2. The van der Waals surface area contributed by atoms with Crippen LogP contribution in [0.4, 0.5) is 0 Å². The van der Waals surface area contributed by atoms with Crippen LogP contribution in [0.3, 0.4) is 0 Å². The molecule has 1 saturated carbocycles. The smallest absolute Gasteiger partial charge is 0.274 e. The van der Waals surface area contributed by atoms with Crippen LogP contribution in [0.25, 0.3) is 0 Å². The van der Waals surface area contributed by atoms with Crippen LogP contribution in [0.1, 0.15) is 39.0 Å². The molecule has 1 spiro atoms. The van der Waals surface area contributed by atoms with Gasteiger partial charge in [-0.1, -0.05) is 19.3 Å². The Morgan fingerprint density at radius 2 is 2.13 bits per heavy atom. The summed E-state index contributed by atoms with van der Waals surface area (Å²) < 4.78 is 0. The molecule has 1 aliphatic heterocycles. The summed E-state index contributed by atoms with van der Waals surface area (Å²) in [6, 6.07) is 0. The standard InChI is InChI=1S/C11H17NO3/c1-2-15-12-10(14)8-9(13)11(12)6-4-3-5-7-11/h8,13H,2-7H2,1H3. The van der Waals surface area contributed by atoms with E-state index in [1.165, 1.54) is 17.6 Å². The van der Waals surface area contributed by atoms with E-state index in [1.54, 1.807) is 0 Å². The number of hydrogen-bond acceptors (Lipinski definition) is 3. The summed E-state index contributed by atoms with van der Waals surface area (Å²) in [5.41, 5.74) is -0.550. The average molecular weight is 211 g/mol. The summed E-state index contributed by atoms with van der Waals surface area (Å²) in [4.78, 5) is 17.0. The first-order chi connectivity index (χ1) is 7.20. The van der Waals surface area contributed by atoms with Crippen molar-refractivity contribution in [3.05, 3.63) is 11.8 Å². The second-order valence-corrected chi connectivity index (χ2v) is 4.17. The Kier molecular flexibility index (Phi) is 2.69. The fourth-order valence-corrected chi connectivity index (χ4v) is 2.54. The first kappa shape index (κ1) is 10.5. The van der Waals surface area contributed by atoms with Gasteiger partial charge < -0.3 is 5.11 Å². The van der Waals surface area contributed by atoms with Gasteiger partial charge >= 0.3 is 0 Å². The lowest BCUT2D eigenvalue weighted by Crippen LogP contribution is -2.49. The number of hydrogen-bond donors (Lipinski definition) is 1. The van der Waals surface area contributed by atoms with Crippen LogP contribution in [0.2, 0.25) is 0 Å². The molecule has 0 aromatic heterocycles. The molecule has 0 radical (unpaired) electrons. The Balaban J connectivity index is 2.25. The quantitative estimate of drug-likeness (QED) is 0.759. The third kappa shape index (κ3) is 1.53. The van der Waals surface area contributed by atoms with Crippen molar-refractivity contribution in [3.8, 4) is 0 Å². The van der Waals surface area contributed by atoms with Gasteiger partial charge in [0.05, 0.1) is 6.61 Å². The third-order valence-electron chi connectivity index (χ3n) is 3.26. The van der Waals surface area contributed by atoms with Crippen LogP contribution in [-0.2, 0) is 9.63 Å².